The maximum Gasteiger partial charge on any atom is 0.325 e. The highest BCUT2D eigenvalue weighted by Crippen LogP contribution is 2.11. The number of benzene rings is 1. The van der Waals surface area contributed by atoms with Crippen molar-refractivity contribution in [3.8, 4) is 0 Å². The lowest BCUT2D eigenvalue weighted by atomic mass is 10.1. The Morgan fingerprint density at radius 1 is 1.00 bits per heavy atom. The smallest absolute Gasteiger partial charge is 0.325 e. The van der Waals surface area contributed by atoms with E-state index in [1.807, 2.05) is 37.3 Å². The maximum atomic E-state index is 11.7. The van der Waals surface area contributed by atoms with Gasteiger partial charge in [-0.15, -0.1) is 0 Å². The number of aliphatic carboxylic acids is 1. The second-order valence-electron chi connectivity index (χ2n) is 4.83. The highest BCUT2D eigenvalue weighted by molar-refractivity contribution is 5.86. The van der Waals surface area contributed by atoms with Gasteiger partial charge in [0.1, 0.15) is 6.04 Å². The third-order valence-corrected chi connectivity index (χ3v) is 3.00. The fourth-order valence-corrected chi connectivity index (χ4v) is 1.74. The average molecular weight is 292 g/mol. The Bertz CT molecular complexity index is 502. The van der Waals surface area contributed by atoms with E-state index in [1.54, 1.807) is 0 Å². The molecule has 3 N–H and O–H groups in total. The van der Waals surface area contributed by atoms with Crippen LogP contribution in [-0.4, -0.2) is 28.9 Å². The second kappa shape index (κ2) is 8.04. The zero-order chi connectivity index (χ0) is 15.8. The van der Waals surface area contributed by atoms with Crippen LogP contribution in [0.4, 0.5) is 0 Å². The molecule has 21 heavy (non-hydrogen) atoms. The monoisotopic (exact) mass is 292 g/mol. The summed E-state index contributed by atoms with van der Waals surface area (Å²) in [6, 6.07) is 8.39. The van der Waals surface area contributed by atoms with Crippen molar-refractivity contribution in [2.24, 2.45) is 0 Å². The number of carbonyl (C=O) groups is 3. The van der Waals surface area contributed by atoms with Gasteiger partial charge in [0.15, 0.2) is 0 Å². The van der Waals surface area contributed by atoms with Gasteiger partial charge in [-0.05, 0) is 19.4 Å². The largest absolute Gasteiger partial charge is 0.480 e. The molecule has 0 saturated carbocycles. The second-order valence-corrected chi connectivity index (χ2v) is 4.83. The van der Waals surface area contributed by atoms with E-state index in [0.717, 1.165) is 5.56 Å². The van der Waals surface area contributed by atoms with Crippen molar-refractivity contribution in [2.45, 2.75) is 38.8 Å². The van der Waals surface area contributed by atoms with Crippen LogP contribution < -0.4 is 10.6 Å². The van der Waals surface area contributed by atoms with Crippen LogP contribution in [0.2, 0.25) is 0 Å². The lowest BCUT2D eigenvalue weighted by molar-refractivity contribution is -0.141. The zero-order valence-electron chi connectivity index (χ0n) is 12.1. The van der Waals surface area contributed by atoms with Gasteiger partial charge in [0, 0.05) is 12.8 Å². The van der Waals surface area contributed by atoms with Crippen molar-refractivity contribution in [1.29, 1.82) is 0 Å². The van der Waals surface area contributed by atoms with Crippen LogP contribution >= 0.6 is 0 Å². The molecule has 0 aromatic heterocycles. The van der Waals surface area contributed by atoms with Crippen LogP contribution in [0.15, 0.2) is 30.3 Å². The summed E-state index contributed by atoms with van der Waals surface area (Å²) in [5, 5.41) is 13.8. The molecule has 0 spiro atoms. The number of hydrogen-bond acceptors (Lipinski definition) is 3. The van der Waals surface area contributed by atoms with E-state index in [4.69, 9.17) is 5.11 Å². The predicted octanol–water partition coefficient (Wildman–Crippen LogP) is 1.23. The number of carboxylic acid groups (broad SMARTS) is 1. The lowest BCUT2D eigenvalue weighted by Gasteiger charge is -2.14. The Hall–Kier alpha value is -2.37. The molecular weight excluding hydrogens is 272 g/mol. The molecule has 0 aliphatic heterocycles. The van der Waals surface area contributed by atoms with E-state index < -0.39 is 17.9 Å². The normalized spacial score (nSPS) is 13.0. The summed E-state index contributed by atoms with van der Waals surface area (Å²) in [6.45, 7) is 3.23. The molecule has 1 aromatic carbocycles. The topological polar surface area (TPSA) is 95.5 Å². The Kier molecular flexibility index (Phi) is 6.39. The summed E-state index contributed by atoms with van der Waals surface area (Å²) < 4.78 is 0. The minimum absolute atomic E-state index is 0.0232. The Labute approximate surface area is 123 Å². The van der Waals surface area contributed by atoms with Gasteiger partial charge in [0.25, 0.3) is 0 Å². The van der Waals surface area contributed by atoms with Gasteiger partial charge in [-0.2, -0.15) is 0 Å². The van der Waals surface area contributed by atoms with Crippen molar-refractivity contribution in [1.82, 2.24) is 10.6 Å². The SMILES string of the molecule is C[C@@H](NC(=O)CCC(=O)N[C@H](C)c1ccccc1)C(=O)O. The molecule has 0 saturated heterocycles. The van der Waals surface area contributed by atoms with Crippen molar-refractivity contribution in [3.63, 3.8) is 0 Å². The molecule has 6 heteroatoms. The summed E-state index contributed by atoms with van der Waals surface area (Å²) in [5.74, 6) is -1.80. The van der Waals surface area contributed by atoms with Crippen LogP contribution in [0.1, 0.15) is 38.3 Å². The van der Waals surface area contributed by atoms with Crippen LogP contribution in [0.3, 0.4) is 0 Å². The van der Waals surface area contributed by atoms with Gasteiger partial charge in [0.2, 0.25) is 11.8 Å². The molecule has 0 bridgehead atoms. The first-order chi connectivity index (χ1) is 9.90. The summed E-state index contributed by atoms with van der Waals surface area (Å²) in [4.78, 5) is 33.8. The van der Waals surface area contributed by atoms with E-state index in [0.29, 0.717) is 0 Å². The quantitative estimate of drug-likeness (QED) is 0.704. The minimum atomic E-state index is -1.11. The molecular formula is C15H20N2O4. The Morgan fingerprint density at radius 2 is 1.52 bits per heavy atom. The molecule has 114 valence electrons. The lowest BCUT2D eigenvalue weighted by Crippen LogP contribution is -2.38. The molecule has 2 atom stereocenters. The van der Waals surface area contributed by atoms with Crippen LogP contribution in [0, 0.1) is 0 Å². The fourth-order valence-electron chi connectivity index (χ4n) is 1.74. The van der Waals surface area contributed by atoms with E-state index in [9.17, 15) is 14.4 Å². The van der Waals surface area contributed by atoms with Gasteiger partial charge < -0.3 is 15.7 Å². The number of hydrogen-bond donors (Lipinski definition) is 3. The molecule has 0 fully saturated rings. The standard InChI is InChI=1S/C15H20N2O4/c1-10(12-6-4-3-5-7-12)16-13(18)8-9-14(19)17-11(2)15(20)21/h3-7,10-11H,8-9H2,1-2H3,(H,16,18)(H,17,19)(H,20,21)/t10-,11-/m1/s1. The molecule has 2 amide bonds. The van der Waals surface area contributed by atoms with Crippen LogP contribution in [-0.2, 0) is 14.4 Å². The Balaban J connectivity index is 2.34. The molecule has 6 nitrogen and oxygen atoms in total. The van der Waals surface area contributed by atoms with E-state index in [1.165, 1.54) is 6.92 Å². The molecule has 1 aromatic rings. The average Bonchev–Trinajstić information content (AvgIpc) is 2.45. The van der Waals surface area contributed by atoms with E-state index >= 15 is 0 Å². The molecule has 0 unspecified atom stereocenters. The summed E-state index contributed by atoms with van der Waals surface area (Å²) >= 11 is 0. The van der Waals surface area contributed by atoms with E-state index in [-0.39, 0.29) is 24.8 Å². The molecule has 0 radical (unpaired) electrons. The van der Waals surface area contributed by atoms with Gasteiger partial charge in [-0.25, -0.2) is 0 Å². The Morgan fingerprint density at radius 3 is 2.05 bits per heavy atom. The number of rotatable bonds is 7. The predicted molar refractivity (Wildman–Crippen MR) is 77.5 cm³/mol. The van der Waals surface area contributed by atoms with Gasteiger partial charge in [-0.3, -0.25) is 14.4 Å². The summed E-state index contributed by atoms with van der Waals surface area (Å²) in [5.41, 5.74) is 0.981. The third kappa shape index (κ3) is 6.07. The zero-order valence-corrected chi connectivity index (χ0v) is 12.1. The van der Waals surface area contributed by atoms with Crippen molar-refractivity contribution >= 4 is 17.8 Å². The third-order valence-electron chi connectivity index (χ3n) is 3.00. The first kappa shape index (κ1) is 16.7. The number of amides is 2. The molecule has 1 rings (SSSR count). The number of carboxylic acids is 1. The number of nitrogens with one attached hydrogen (secondary N) is 2. The fraction of sp³-hybridized carbons (Fsp3) is 0.400. The van der Waals surface area contributed by atoms with Crippen LogP contribution in [0.5, 0.6) is 0 Å². The molecule has 0 aliphatic carbocycles. The van der Waals surface area contributed by atoms with Crippen molar-refractivity contribution in [3.05, 3.63) is 35.9 Å². The summed E-state index contributed by atoms with van der Waals surface area (Å²) in [7, 11) is 0. The van der Waals surface area contributed by atoms with Crippen LogP contribution in [0.25, 0.3) is 0 Å². The van der Waals surface area contributed by atoms with Crippen molar-refractivity contribution in [2.75, 3.05) is 0 Å². The highest BCUT2D eigenvalue weighted by Gasteiger charge is 2.15. The van der Waals surface area contributed by atoms with Gasteiger partial charge >= 0.3 is 5.97 Å². The number of carbonyl (C=O) groups excluding carboxylic acids is 2. The van der Waals surface area contributed by atoms with E-state index in [2.05, 4.69) is 10.6 Å². The minimum Gasteiger partial charge on any atom is -0.480 e. The summed E-state index contributed by atoms with van der Waals surface area (Å²) in [6.07, 6.45) is -0.0136. The van der Waals surface area contributed by atoms with Gasteiger partial charge in [0.05, 0.1) is 6.04 Å². The first-order valence-corrected chi connectivity index (χ1v) is 6.76. The first-order valence-electron chi connectivity index (χ1n) is 6.76. The maximum absolute atomic E-state index is 11.7. The van der Waals surface area contributed by atoms with Crippen molar-refractivity contribution < 1.29 is 19.5 Å². The van der Waals surface area contributed by atoms with Gasteiger partial charge in [-0.1, -0.05) is 30.3 Å². The molecule has 0 aliphatic rings. The molecule has 0 heterocycles. The highest BCUT2D eigenvalue weighted by atomic mass is 16.4.